The Morgan fingerprint density at radius 1 is 1.10 bits per heavy atom. The number of imidazole rings is 1. The average molecular weight is 566 g/mol. The molecule has 5 rings (SSSR count). The molecule has 1 N–H and O–H groups in total. The van der Waals surface area contributed by atoms with Gasteiger partial charge < -0.3 is 15.0 Å². The van der Waals surface area contributed by atoms with Gasteiger partial charge in [-0.2, -0.15) is 0 Å². The molecule has 11 heteroatoms. The number of Topliss-reactive ketones (excluding diaryl/α,β-unsaturated/α-hetero) is 1. The average Bonchev–Trinajstić information content (AvgIpc) is 3.38. The van der Waals surface area contributed by atoms with Gasteiger partial charge in [-0.05, 0) is 50.5 Å². The molecular weight excluding hydrogens is 533 g/mol. The molecule has 0 aliphatic carbocycles. The largest absolute Gasteiger partial charge is 0.494 e. The van der Waals surface area contributed by atoms with E-state index in [1.54, 1.807) is 42.9 Å². The molecule has 0 amide bonds. The van der Waals surface area contributed by atoms with Crippen LogP contribution in [0.2, 0.25) is 5.02 Å². The first-order valence-corrected chi connectivity index (χ1v) is 13.6. The fourth-order valence-electron chi connectivity index (χ4n) is 4.80. The number of fused-ring (bicyclic) bond motifs is 1. The van der Waals surface area contributed by atoms with E-state index in [0.717, 1.165) is 39.3 Å². The number of ketones is 1. The number of rotatable bonds is 10. The molecule has 210 valence electrons. The molecule has 40 heavy (non-hydrogen) atoms. The van der Waals surface area contributed by atoms with Gasteiger partial charge in [0.15, 0.2) is 28.8 Å². The molecule has 1 aliphatic heterocycles. The first-order chi connectivity index (χ1) is 19.3. The highest BCUT2D eigenvalue weighted by molar-refractivity contribution is 6.34. The van der Waals surface area contributed by atoms with Crippen LogP contribution in [0.4, 0.5) is 15.9 Å². The molecule has 1 fully saturated rings. The van der Waals surface area contributed by atoms with Crippen molar-refractivity contribution in [1.82, 2.24) is 29.1 Å². The third kappa shape index (κ3) is 6.26. The number of benzene rings is 2. The number of carbonyl (C=O) groups is 1. The number of likely N-dealkylation sites (N-methyl/N-ethyl adjacent to an activating group) is 1. The molecule has 2 aromatic carbocycles. The molecule has 2 aromatic heterocycles. The molecule has 0 spiro atoms. The highest BCUT2D eigenvalue weighted by Crippen LogP contribution is 2.29. The van der Waals surface area contributed by atoms with Crippen molar-refractivity contribution in [1.29, 1.82) is 0 Å². The van der Waals surface area contributed by atoms with Crippen LogP contribution in [0.15, 0.2) is 55.0 Å². The normalized spacial score (nSPS) is 14.7. The number of hydrogen-bond donors (Lipinski definition) is 1. The molecule has 0 radical (unpaired) electrons. The van der Waals surface area contributed by atoms with Gasteiger partial charge in [-0.25, -0.2) is 14.4 Å². The van der Waals surface area contributed by atoms with E-state index in [1.807, 2.05) is 10.5 Å². The quantitative estimate of drug-likeness (QED) is 0.285. The summed E-state index contributed by atoms with van der Waals surface area (Å²) in [6, 6.07) is 10.1. The van der Waals surface area contributed by atoms with Gasteiger partial charge in [0, 0.05) is 68.5 Å². The highest BCUT2D eigenvalue weighted by Gasteiger charge is 2.21. The number of nitrogens with zero attached hydrogens (tertiary/aromatic N) is 6. The van der Waals surface area contributed by atoms with Gasteiger partial charge in [0.25, 0.3) is 0 Å². The van der Waals surface area contributed by atoms with E-state index in [9.17, 15) is 9.18 Å². The summed E-state index contributed by atoms with van der Waals surface area (Å²) in [5.74, 6) is 0.237. The van der Waals surface area contributed by atoms with E-state index in [1.165, 1.54) is 13.2 Å². The molecular formula is C29H33ClFN7O2. The lowest BCUT2D eigenvalue weighted by atomic mass is 10.1. The van der Waals surface area contributed by atoms with Crippen molar-refractivity contribution in [2.24, 2.45) is 0 Å². The van der Waals surface area contributed by atoms with Gasteiger partial charge in [-0.1, -0.05) is 11.6 Å². The number of aromatic nitrogens is 3. The molecule has 4 aromatic rings. The second-order valence-corrected chi connectivity index (χ2v) is 10.5. The molecule has 3 heterocycles. The molecule has 0 unspecified atom stereocenters. The monoisotopic (exact) mass is 565 g/mol. The smallest absolute Gasteiger partial charge is 0.180 e. The maximum atomic E-state index is 14.3. The fourth-order valence-corrected chi connectivity index (χ4v) is 5.09. The number of ether oxygens (including phenoxy) is 1. The maximum Gasteiger partial charge on any atom is 0.180 e. The SMILES string of the molecule is COc1ccc(-c2cnc3c(Nc4ccc(C(=O)CN5CCN(CCN(C)C)CC5)c(Cl)c4)nccn23)cc1F. The number of carbonyl (C=O) groups excluding carboxylic acids is 1. The van der Waals surface area contributed by atoms with Gasteiger partial charge in [0.1, 0.15) is 0 Å². The van der Waals surface area contributed by atoms with Crippen LogP contribution in [0.1, 0.15) is 10.4 Å². The van der Waals surface area contributed by atoms with Crippen LogP contribution in [-0.4, -0.2) is 102 Å². The van der Waals surface area contributed by atoms with E-state index in [-0.39, 0.29) is 11.5 Å². The summed E-state index contributed by atoms with van der Waals surface area (Å²) in [5.41, 5.74) is 3.10. The minimum absolute atomic E-state index is 0.00291. The van der Waals surface area contributed by atoms with Crippen LogP contribution in [-0.2, 0) is 0 Å². The number of hydrogen-bond acceptors (Lipinski definition) is 8. The van der Waals surface area contributed by atoms with Crippen LogP contribution in [0.3, 0.4) is 0 Å². The summed E-state index contributed by atoms with van der Waals surface area (Å²) in [7, 11) is 5.59. The lowest BCUT2D eigenvalue weighted by Gasteiger charge is -2.34. The topological polar surface area (TPSA) is 78.2 Å². The number of anilines is 2. The standard InChI is InChI=1S/C29H33ClFN7O2/c1-35(2)10-11-36-12-14-37(15-13-36)19-26(39)22-6-5-21(17-23(22)30)34-28-29-33-18-25(38(29)9-8-32-28)20-4-7-27(40-3)24(31)16-20/h4-9,16-18H,10-15,19H2,1-3H3,(H,32,34). The number of halogens is 2. The van der Waals surface area contributed by atoms with Gasteiger partial charge in [-0.3, -0.25) is 19.0 Å². The van der Waals surface area contributed by atoms with Crippen LogP contribution >= 0.6 is 11.6 Å². The number of nitrogens with one attached hydrogen (secondary N) is 1. The summed E-state index contributed by atoms with van der Waals surface area (Å²) < 4.78 is 21.2. The zero-order valence-corrected chi connectivity index (χ0v) is 23.7. The highest BCUT2D eigenvalue weighted by atomic mass is 35.5. The van der Waals surface area contributed by atoms with Crippen LogP contribution in [0, 0.1) is 5.82 Å². The number of piperazine rings is 1. The molecule has 0 bridgehead atoms. The molecule has 0 atom stereocenters. The summed E-state index contributed by atoms with van der Waals surface area (Å²) in [5, 5.41) is 3.63. The van der Waals surface area contributed by atoms with E-state index in [2.05, 4.69) is 44.1 Å². The van der Waals surface area contributed by atoms with Crippen molar-refractivity contribution >= 4 is 34.5 Å². The van der Waals surface area contributed by atoms with Crippen molar-refractivity contribution in [3.05, 3.63) is 71.4 Å². The van der Waals surface area contributed by atoms with Crippen molar-refractivity contribution in [3.63, 3.8) is 0 Å². The minimum Gasteiger partial charge on any atom is -0.494 e. The second-order valence-electron chi connectivity index (χ2n) is 10.1. The Morgan fingerprint density at radius 3 is 2.58 bits per heavy atom. The first-order valence-electron chi connectivity index (χ1n) is 13.2. The van der Waals surface area contributed by atoms with Gasteiger partial charge in [0.2, 0.25) is 0 Å². The molecule has 1 saturated heterocycles. The zero-order chi connectivity index (χ0) is 28.2. The summed E-state index contributed by atoms with van der Waals surface area (Å²) in [6.07, 6.45) is 5.07. The van der Waals surface area contributed by atoms with Crippen molar-refractivity contribution in [2.45, 2.75) is 0 Å². The van der Waals surface area contributed by atoms with E-state index in [4.69, 9.17) is 16.3 Å². The maximum absolute atomic E-state index is 14.3. The third-order valence-corrected chi connectivity index (χ3v) is 7.42. The Balaban J connectivity index is 1.26. The van der Waals surface area contributed by atoms with Crippen molar-refractivity contribution in [2.75, 3.05) is 72.3 Å². The van der Waals surface area contributed by atoms with Crippen molar-refractivity contribution < 1.29 is 13.9 Å². The van der Waals surface area contributed by atoms with Crippen LogP contribution in [0.25, 0.3) is 16.9 Å². The van der Waals surface area contributed by atoms with E-state index in [0.29, 0.717) is 45.5 Å². The van der Waals surface area contributed by atoms with Gasteiger partial charge in [-0.15, -0.1) is 0 Å². The Bertz CT molecular complexity index is 1500. The Hall–Kier alpha value is -3.57. The lowest BCUT2D eigenvalue weighted by molar-refractivity contribution is 0.0844. The first kappa shape index (κ1) is 28.0. The summed E-state index contributed by atoms with van der Waals surface area (Å²) in [6.45, 7) is 6.06. The lowest BCUT2D eigenvalue weighted by Crippen LogP contribution is -2.49. The summed E-state index contributed by atoms with van der Waals surface area (Å²) in [4.78, 5) is 28.8. The predicted molar refractivity (Wildman–Crippen MR) is 155 cm³/mol. The Kier molecular flexibility index (Phi) is 8.60. The predicted octanol–water partition coefficient (Wildman–Crippen LogP) is 4.30. The van der Waals surface area contributed by atoms with Gasteiger partial charge >= 0.3 is 0 Å². The van der Waals surface area contributed by atoms with Gasteiger partial charge in [0.05, 0.1) is 30.6 Å². The molecule has 0 saturated carbocycles. The molecule has 1 aliphatic rings. The zero-order valence-electron chi connectivity index (χ0n) is 22.9. The Morgan fingerprint density at radius 2 is 1.88 bits per heavy atom. The second kappa shape index (κ2) is 12.3. The van der Waals surface area contributed by atoms with Crippen LogP contribution in [0.5, 0.6) is 5.75 Å². The Labute approximate surface area is 238 Å². The van der Waals surface area contributed by atoms with E-state index >= 15 is 0 Å². The third-order valence-electron chi connectivity index (χ3n) is 7.10. The van der Waals surface area contributed by atoms with Crippen molar-refractivity contribution in [3.8, 4) is 17.0 Å². The summed E-state index contributed by atoms with van der Waals surface area (Å²) >= 11 is 6.56. The number of methoxy groups -OCH3 is 1. The molecule has 9 nitrogen and oxygen atoms in total. The van der Waals surface area contributed by atoms with Crippen LogP contribution < -0.4 is 10.1 Å². The van der Waals surface area contributed by atoms with E-state index < -0.39 is 5.82 Å². The fraction of sp³-hybridized carbons (Fsp3) is 0.345. The minimum atomic E-state index is -0.450.